The van der Waals surface area contributed by atoms with Gasteiger partial charge >= 0.3 is 0 Å². The molecule has 0 aromatic heterocycles. The number of benzene rings is 2. The Balaban J connectivity index is 2.27. The van der Waals surface area contributed by atoms with Crippen LogP contribution < -0.4 is 9.47 Å². The molecule has 2 nitrogen and oxygen atoms in total. The second-order valence-electron chi connectivity index (χ2n) is 3.82. The lowest BCUT2D eigenvalue weighted by molar-refractivity contribution is 0.414. The van der Waals surface area contributed by atoms with Crippen molar-refractivity contribution in [3.8, 4) is 23.3 Å². The van der Waals surface area contributed by atoms with Crippen molar-refractivity contribution in [3.05, 3.63) is 58.1 Å². The summed E-state index contributed by atoms with van der Waals surface area (Å²) in [5.41, 5.74) is 1.84. The number of hydrogen-bond donors (Lipinski definition) is 0. The Labute approximate surface area is 121 Å². The Bertz CT molecular complexity index is 621. The van der Waals surface area contributed by atoms with Crippen molar-refractivity contribution < 1.29 is 9.47 Å². The maximum absolute atomic E-state index is 5.19. The third-order valence-corrected chi connectivity index (χ3v) is 3.30. The van der Waals surface area contributed by atoms with Crippen molar-refractivity contribution in [2.24, 2.45) is 0 Å². The average molecular weight is 317 g/mol. The fourth-order valence-corrected chi connectivity index (χ4v) is 1.89. The molecule has 2 aromatic rings. The molecule has 0 spiro atoms. The van der Waals surface area contributed by atoms with Crippen LogP contribution in [0.3, 0.4) is 0 Å². The standard InChI is InChI=1S/C16H13BrO2/c1-18-14-7-4-12(5-8-14)3-6-13-11-15(19-2)9-10-16(13)17/h4-5,7-11H,1-2H3. The van der Waals surface area contributed by atoms with Crippen molar-refractivity contribution in [2.75, 3.05) is 14.2 Å². The summed E-state index contributed by atoms with van der Waals surface area (Å²) in [6, 6.07) is 13.4. The Morgan fingerprint density at radius 1 is 0.842 bits per heavy atom. The van der Waals surface area contributed by atoms with E-state index in [9.17, 15) is 0 Å². The van der Waals surface area contributed by atoms with Crippen LogP contribution in [0.25, 0.3) is 0 Å². The van der Waals surface area contributed by atoms with Gasteiger partial charge in [-0.1, -0.05) is 11.8 Å². The van der Waals surface area contributed by atoms with Gasteiger partial charge in [0.05, 0.1) is 14.2 Å². The molecule has 2 aromatic carbocycles. The van der Waals surface area contributed by atoms with Crippen LogP contribution in [0.1, 0.15) is 11.1 Å². The number of halogens is 1. The van der Waals surface area contributed by atoms with Crippen LogP contribution in [-0.2, 0) is 0 Å². The van der Waals surface area contributed by atoms with Crippen LogP contribution >= 0.6 is 15.9 Å². The van der Waals surface area contributed by atoms with Crippen molar-refractivity contribution in [3.63, 3.8) is 0 Å². The Morgan fingerprint density at radius 2 is 1.47 bits per heavy atom. The highest BCUT2D eigenvalue weighted by Crippen LogP contribution is 2.21. The van der Waals surface area contributed by atoms with Crippen LogP contribution in [-0.4, -0.2) is 14.2 Å². The highest BCUT2D eigenvalue weighted by molar-refractivity contribution is 9.10. The summed E-state index contributed by atoms with van der Waals surface area (Å²) in [7, 11) is 3.29. The van der Waals surface area contributed by atoms with E-state index >= 15 is 0 Å². The van der Waals surface area contributed by atoms with Gasteiger partial charge in [-0.15, -0.1) is 0 Å². The fraction of sp³-hybridized carbons (Fsp3) is 0.125. The summed E-state index contributed by atoms with van der Waals surface area (Å²) in [6.45, 7) is 0. The number of ether oxygens (including phenoxy) is 2. The predicted molar refractivity (Wildman–Crippen MR) is 79.7 cm³/mol. The molecule has 0 unspecified atom stereocenters. The quantitative estimate of drug-likeness (QED) is 0.783. The van der Waals surface area contributed by atoms with Crippen molar-refractivity contribution in [1.82, 2.24) is 0 Å². The first-order valence-electron chi connectivity index (χ1n) is 5.72. The van der Waals surface area contributed by atoms with E-state index in [4.69, 9.17) is 9.47 Å². The van der Waals surface area contributed by atoms with Crippen LogP contribution in [0.15, 0.2) is 46.9 Å². The summed E-state index contributed by atoms with van der Waals surface area (Å²) in [5.74, 6) is 7.86. The smallest absolute Gasteiger partial charge is 0.120 e. The van der Waals surface area contributed by atoms with Crippen LogP contribution in [0.4, 0.5) is 0 Å². The third kappa shape index (κ3) is 3.52. The first kappa shape index (κ1) is 13.5. The van der Waals surface area contributed by atoms with Gasteiger partial charge in [0.25, 0.3) is 0 Å². The first-order chi connectivity index (χ1) is 9.22. The minimum Gasteiger partial charge on any atom is -0.497 e. The van der Waals surface area contributed by atoms with E-state index in [2.05, 4.69) is 27.8 Å². The fourth-order valence-electron chi connectivity index (χ4n) is 1.54. The molecule has 3 heteroatoms. The molecule has 0 radical (unpaired) electrons. The Hall–Kier alpha value is -1.92. The van der Waals surface area contributed by atoms with Crippen LogP contribution in [0, 0.1) is 11.8 Å². The molecule has 0 heterocycles. The Kier molecular flexibility index (Phi) is 4.48. The molecule has 0 bridgehead atoms. The van der Waals surface area contributed by atoms with E-state index in [0.717, 1.165) is 27.1 Å². The molecule has 0 fully saturated rings. The molecule has 0 N–H and O–H groups in total. The van der Waals surface area contributed by atoms with Crippen LogP contribution in [0.2, 0.25) is 0 Å². The lowest BCUT2D eigenvalue weighted by Gasteiger charge is -2.01. The number of methoxy groups -OCH3 is 2. The molecular formula is C16H13BrO2. The van der Waals surface area contributed by atoms with Crippen molar-refractivity contribution >= 4 is 15.9 Å². The zero-order valence-electron chi connectivity index (χ0n) is 10.7. The molecule has 19 heavy (non-hydrogen) atoms. The molecule has 0 saturated carbocycles. The molecular weight excluding hydrogens is 304 g/mol. The van der Waals surface area contributed by atoms with E-state index in [1.54, 1.807) is 14.2 Å². The average Bonchev–Trinajstić information content (AvgIpc) is 2.47. The van der Waals surface area contributed by atoms with Crippen molar-refractivity contribution in [2.45, 2.75) is 0 Å². The molecule has 0 aliphatic carbocycles. The highest BCUT2D eigenvalue weighted by atomic mass is 79.9. The van der Waals surface area contributed by atoms with E-state index in [1.165, 1.54) is 0 Å². The molecule has 0 aliphatic heterocycles. The largest absolute Gasteiger partial charge is 0.497 e. The monoisotopic (exact) mass is 316 g/mol. The van der Waals surface area contributed by atoms with Gasteiger partial charge in [0.15, 0.2) is 0 Å². The van der Waals surface area contributed by atoms with E-state index in [-0.39, 0.29) is 0 Å². The molecule has 2 rings (SSSR count). The summed E-state index contributed by atoms with van der Waals surface area (Å²) in [4.78, 5) is 0. The van der Waals surface area contributed by atoms with Gasteiger partial charge in [-0.05, 0) is 58.4 Å². The maximum atomic E-state index is 5.19. The molecule has 0 amide bonds. The highest BCUT2D eigenvalue weighted by Gasteiger charge is 1.98. The topological polar surface area (TPSA) is 18.5 Å². The zero-order valence-corrected chi connectivity index (χ0v) is 12.3. The molecule has 0 aliphatic rings. The maximum Gasteiger partial charge on any atom is 0.120 e. The lowest BCUT2D eigenvalue weighted by atomic mass is 10.1. The molecule has 0 atom stereocenters. The second-order valence-corrected chi connectivity index (χ2v) is 4.68. The minimum atomic E-state index is 0.794. The summed E-state index contributed by atoms with van der Waals surface area (Å²) >= 11 is 3.48. The number of rotatable bonds is 2. The van der Waals surface area contributed by atoms with Gasteiger partial charge in [-0.2, -0.15) is 0 Å². The second kappa shape index (κ2) is 6.31. The van der Waals surface area contributed by atoms with Gasteiger partial charge in [-0.25, -0.2) is 0 Å². The first-order valence-corrected chi connectivity index (χ1v) is 6.52. The molecule has 96 valence electrons. The summed E-state index contributed by atoms with van der Waals surface area (Å²) in [6.07, 6.45) is 0. The van der Waals surface area contributed by atoms with Crippen molar-refractivity contribution in [1.29, 1.82) is 0 Å². The van der Waals surface area contributed by atoms with Gasteiger partial charge in [0, 0.05) is 15.6 Å². The van der Waals surface area contributed by atoms with Gasteiger partial charge in [-0.3, -0.25) is 0 Å². The normalized spacial score (nSPS) is 9.42. The summed E-state index contributed by atoms with van der Waals surface area (Å²) < 4.78 is 11.2. The van der Waals surface area contributed by atoms with E-state index in [0.29, 0.717) is 0 Å². The van der Waals surface area contributed by atoms with Gasteiger partial charge in [0.2, 0.25) is 0 Å². The zero-order chi connectivity index (χ0) is 13.7. The van der Waals surface area contributed by atoms with Gasteiger partial charge in [0.1, 0.15) is 11.5 Å². The van der Waals surface area contributed by atoms with Gasteiger partial charge < -0.3 is 9.47 Å². The third-order valence-electron chi connectivity index (χ3n) is 2.61. The van der Waals surface area contributed by atoms with E-state index < -0.39 is 0 Å². The predicted octanol–water partition coefficient (Wildman–Crippen LogP) is 3.87. The SMILES string of the molecule is COc1ccc(C#Cc2cc(OC)ccc2Br)cc1. The summed E-state index contributed by atoms with van der Waals surface area (Å²) in [5, 5.41) is 0. The Morgan fingerprint density at radius 3 is 2.11 bits per heavy atom. The van der Waals surface area contributed by atoms with Crippen LogP contribution in [0.5, 0.6) is 11.5 Å². The van der Waals surface area contributed by atoms with E-state index in [1.807, 2.05) is 42.5 Å². The lowest BCUT2D eigenvalue weighted by Crippen LogP contribution is -1.85. The number of hydrogen-bond acceptors (Lipinski definition) is 2. The molecule has 0 saturated heterocycles. The minimum absolute atomic E-state index is 0.794.